The Morgan fingerprint density at radius 1 is 1.36 bits per heavy atom. The van der Waals surface area contributed by atoms with Crippen LogP contribution in [0.4, 0.5) is 0 Å². The Bertz CT molecular complexity index is 678. The van der Waals surface area contributed by atoms with E-state index in [1.54, 1.807) is 11.8 Å². The summed E-state index contributed by atoms with van der Waals surface area (Å²) in [6, 6.07) is 7.71. The number of aromatic nitrogens is 2. The topological polar surface area (TPSA) is 59.2 Å². The molecule has 0 N–H and O–H groups in total. The van der Waals surface area contributed by atoms with Crippen LogP contribution in [0.5, 0.6) is 0 Å². The molecule has 2 heterocycles. The molecule has 6 heteroatoms. The highest BCUT2D eigenvalue weighted by atomic mass is 32.2. The summed E-state index contributed by atoms with van der Waals surface area (Å²) in [4.78, 5) is 19.8. The maximum Gasteiger partial charge on any atom is 0.255 e. The Balaban J connectivity index is 1.66. The first-order chi connectivity index (χ1) is 10.6. The van der Waals surface area contributed by atoms with E-state index in [0.29, 0.717) is 19.0 Å². The highest BCUT2D eigenvalue weighted by Crippen LogP contribution is 2.30. The van der Waals surface area contributed by atoms with E-state index in [9.17, 15) is 4.79 Å². The minimum absolute atomic E-state index is 0.0739. The third kappa shape index (κ3) is 2.75. The van der Waals surface area contributed by atoms with Gasteiger partial charge in [-0.15, -0.1) is 11.8 Å². The molecule has 116 valence electrons. The Hall–Kier alpha value is -1.82. The molecule has 0 saturated carbocycles. The lowest BCUT2D eigenvalue weighted by atomic mass is 9.98. The van der Waals surface area contributed by atoms with Crippen molar-refractivity contribution in [2.24, 2.45) is 0 Å². The summed E-state index contributed by atoms with van der Waals surface area (Å²) >= 11 is 1.59. The fourth-order valence-corrected chi connectivity index (χ4v) is 3.03. The van der Waals surface area contributed by atoms with Crippen LogP contribution in [0.2, 0.25) is 0 Å². The van der Waals surface area contributed by atoms with Crippen LogP contribution in [-0.2, 0) is 0 Å². The summed E-state index contributed by atoms with van der Waals surface area (Å²) in [5.41, 5.74) is 0.766. The van der Waals surface area contributed by atoms with Crippen molar-refractivity contribution in [2.75, 3.05) is 19.3 Å². The number of likely N-dealkylation sites (tertiary alicyclic amines) is 1. The molecule has 0 atom stereocenters. The molecule has 3 rings (SSSR count). The number of thioether (sulfide) groups is 1. The fraction of sp³-hybridized carbons (Fsp3) is 0.438. The zero-order valence-electron chi connectivity index (χ0n) is 12.9. The van der Waals surface area contributed by atoms with Crippen molar-refractivity contribution in [3.8, 4) is 0 Å². The quantitative estimate of drug-likeness (QED) is 0.811. The second-order valence-corrected chi connectivity index (χ2v) is 6.60. The second kappa shape index (κ2) is 6.12. The van der Waals surface area contributed by atoms with E-state index >= 15 is 0 Å². The van der Waals surface area contributed by atoms with Gasteiger partial charge < -0.3 is 9.42 Å². The molecule has 22 heavy (non-hydrogen) atoms. The van der Waals surface area contributed by atoms with Crippen LogP contribution in [-0.4, -0.2) is 40.3 Å². The molecule has 0 aliphatic carbocycles. The molecule has 1 aliphatic rings. The van der Waals surface area contributed by atoms with Gasteiger partial charge in [0.2, 0.25) is 5.89 Å². The van der Waals surface area contributed by atoms with Crippen molar-refractivity contribution < 1.29 is 9.32 Å². The molecule has 1 fully saturated rings. The minimum atomic E-state index is 0.0739. The molecular formula is C16H19N3O2S. The Morgan fingerprint density at radius 3 is 2.73 bits per heavy atom. The Labute approximate surface area is 134 Å². The highest BCUT2D eigenvalue weighted by Gasteiger charge is 2.36. The average molecular weight is 317 g/mol. The number of hydrogen-bond donors (Lipinski definition) is 0. The van der Waals surface area contributed by atoms with E-state index in [1.165, 1.54) is 0 Å². The molecule has 0 bridgehead atoms. The summed E-state index contributed by atoms with van der Waals surface area (Å²) in [6.07, 6.45) is 1.98. The third-order valence-electron chi connectivity index (χ3n) is 3.83. The van der Waals surface area contributed by atoms with E-state index < -0.39 is 0 Å². The summed E-state index contributed by atoms with van der Waals surface area (Å²) in [5.74, 6) is 1.86. The first-order valence-corrected chi connectivity index (χ1v) is 8.58. The maximum atomic E-state index is 12.5. The normalized spacial score (nSPS) is 15.2. The molecule has 1 amide bonds. The predicted molar refractivity (Wildman–Crippen MR) is 85.3 cm³/mol. The van der Waals surface area contributed by atoms with Crippen molar-refractivity contribution >= 4 is 17.7 Å². The van der Waals surface area contributed by atoms with Gasteiger partial charge in [0.15, 0.2) is 5.82 Å². The van der Waals surface area contributed by atoms with Gasteiger partial charge in [-0.05, 0) is 18.4 Å². The number of carbonyl (C=O) groups excluding carboxylic acids is 1. The summed E-state index contributed by atoms with van der Waals surface area (Å²) in [6.45, 7) is 5.34. The van der Waals surface area contributed by atoms with Crippen LogP contribution in [0.15, 0.2) is 33.7 Å². The zero-order chi connectivity index (χ0) is 15.7. The van der Waals surface area contributed by atoms with Crippen LogP contribution in [0.25, 0.3) is 0 Å². The maximum absolute atomic E-state index is 12.5. The third-order valence-corrected chi connectivity index (χ3v) is 4.63. The molecular weight excluding hydrogens is 298 g/mol. The molecule has 0 unspecified atom stereocenters. The van der Waals surface area contributed by atoms with Crippen LogP contribution < -0.4 is 0 Å². The van der Waals surface area contributed by atoms with Gasteiger partial charge in [0.05, 0.1) is 11.5 Å². The lowest BCUT2D eigenvalue weighted by molar-refractivity contribution is 0.0565. The van der Waals surface area contributed by atoms with Crippen molar-refractivity contribution in [1.82, 2.24) is 15.0 Å². The molecule has 1 aliphatic heterocycles. The lowest BCUT2D eigenvalue weighted by Crippen LogP contribution is -2.48. The SMILES string of the molecule is CSc1ccccc1C(=O)N1CC(c2nc(C(C)C)no2)C1. The number of hydrogen-bond acceptors (Lipinski definition) is 5. The van der Waals surface area contributed by atoms with E-state index in [0.717, 1.165) is 16.3 Å². The van der Waals surface area contributed by atoms with Gasteiger partial charge in [0.25, 0.3) is 5.91 Å². The minimum Gasteiger partial charge on any atom is -0.339 e. The van der Waals surface area contributed by atoms with Gasteiger partial charge in [0, 0.05) is 23.9 Å². The van der Waals surface area contributed by atoms with Gasteiger partial charge in [-0.3, -0.25) is 4.79 Å². The fourth-order valence-electron chi connectivity index (χ4n) is 2.44. The van der Waals surface area contributed by atoms with Gasteiger partial charge in [-0.25, -0.2) is 0 Å². The summed E-state index contributed by atoms with van der Waals surface area (Å²) in [5, 5.41) is 3.98. The van der Waals surface area contributed by atoms with Gasteiger partial charge in [-0.1, -0.05) is 31.1 Å². The molecule has 1 saturated heterocycles. The molecule has 1 aromatic heterocycles. The lowest BCUT2D eigenvalue weighted by Gasteiger charge is -2.37. The first-order valence-electron chi connectivity index (χ1n) is 7.36. The Morgan fingerprint density at radius 2 is 2.09 bits per heavy atom. The van der Waals surface area contributed by atoms with Crippen molar-refractivity contribution in [1.29, 1.82) is 0 Å². The van der Waals surface area contributed by atoms with E-state index in [2.05, 4.69) is 10.1 Å². The van der Waals surface area contributed by atoms with Crippen LogP contribution >= 0.6 is 11.8 Å². The number of carbonyl (C=O) groups is 1. The van der Waals surface area contributed by atoms with Crippen molar-refractivity contribution in [2.45, 2.75) is 30.6 Å². The van der Waals surface area contributed by atoms with Gasteiger partial charge in [-0.2, -0.15) is 4.98 Å². The van der Waals surface area contributed by atoms with Gasteiger partial charge >= 0.3 is 0 Å². The second-order valence-electron chi connectivity index (χ2n) is 5.75. The van der Waals surface area contributed by atoms with Crippen LogP contribution in [0.3, 0.4) is 0 Å². The van der Waals surface area contributed by atoms with Crippen molar-refractivity contribution in [3.63, 3.8) is 0 Å². The number of nitrogens with zero attached hydrogens (tertiary/aromatic N) is 3. The molecule has 1 aromatic carbocycles. The molecule has 0 radical (unpaired) electrons. The number of benzene rings is 1. The summed E-state index contributed by atoms with van der Waals surface area (Å²) in [7, 11) is 0. The highest BCUT2D eigenvalue weighted by molar-refractivity contribution is 7.98. The average Bonchev–Trinajstić information content (AvgIpc) is 2.95. The van der Waals surface area contributed by atoms with E-state index in [1.807, 2.05) is 49.3 Å². The van der Waals surface area contributed by atoms with Crippen LogP contribution in [0, 0.1) is 0 Å². The predicted octanol–water partition coefficient (Wildman–Crippen LogP) is 3.15. The Kier molecular flexibility index (Phi) is 4.20. The van der Waals surface area contributed by atoms with Crippen LogP contribution in [0.1, 0.15) is 47.8 Å². The van der Waals surface area contributed by atoms with E-state index in [4.69, 9.17) is 4.52 Å². The van der Waals surface area contributed by atoms with Gasteiger partial charge in [0.1, 0.15) is 0 Å². The molecule has 5 nitrogen and oxygen atoms in total. The largest absolute Gasteiger partial charge is 0.339 e. The first kappa shape index (κ1) is 15.1. The molecule has 0 spiro atoms. The monoisotopic (exact) mass is 317 g/mol. The standard InChI is InChI=1S/C16H19N3O2S/c1-10(2)14-17-15(21-18-14)11-8-19(9-11)16(20)12-6-4-5-7-13(12)22-3/h4-7,10-11H,8-9H2,1-3H3. The smallest absolute Gasteiger partial charge is 0.255 e. The molecule has 2 aromatic rings. The van der Waals surface area contributed by atoms with Crippen molar-refractivity contribution in [3.05, 3.63) is 41.5 Å². The number of amides is 1. The summed E-state index contributed by atoms with van der Waals surface area (Å²) < 4.78 is 5.31. The number of rotatable bonds is 4. The van der Waals surface area contributed by atoms with E-state index in [-0.39, 0.29) is 17.7 Å². The zero-order valence-corrected chi connectivity index (χ0v) is 13.8.